The van der Waals surface area contributed by atoms with Gasteiger partial charge in [-0.15, -0.1) is 0 Å². The number of aliphatic hydroxyl groups is 2. The van der Waals surface area contributed by atoms with Crippen LogP contribution in [0.15, 0.2) is 54.6 Å². The van der Waals surface area contributed by atoms with E-state index in [2.05, 4.69) is 0 Å². The second-order valence-corrected chi connectivity index (χ2v) is 3.72. The van der Waals surface area contributed by atoms with E-state index in [-0.39, 0.29) is 6.61 Å². The highest BCUT2D eigenvalue weighted by Gasteiger charge is 2.09. The van der Waals surface area contributed by atoms with E-state index in [0.29, 0.717) is 0 Å². The summed E-state index contributed by atoms with van der Waals surface area (Å²) in [6.07, 6.45) is -0.632. The fourth-order valence-electron chi connectivity index (χ4n) is 1.69. The molecule has 2 N–H and O–H groups in total. The summed E-state index contributed by atoms with van der Waals surface area (Å²) < 4.78 is 0. The van der Waals surface area contributed by atoms with Crippen molar-refractivity contribution in [2.24, 2.45) is 0 Å². The molecule has 2 aromatic carbocycles. The molecule has 0 amide bonds. The van der Waals surface area contributed by atoms with Crippen LogP contribution in [0.3, 0.4) is 0 Å². The number of rotatable bonds is 3. The molecule has 82 valence electrons. The molecule has 2 nitrogen and oxygen atoms in total. The van der Waals surface area contributed by atoms with Crippen LogP contribution in [0.25, 0.3) is 0 Å². The summed E-state index contributed by atoms with van der Waals surface area (Å²) in [5.41, 5.74) is 2.47. The average Bonchev–Trinajstić information content (AvgIpc) is 2.39. The summed E-state index contributed by atoms with van der Waals surface area (Å²) in [4.78, 5) is 0. The summed E-state index contributed by atoms with van der Waals surface area (Å²) in [6.45, 7) is -0.00461. The zero-order valence-corrected chi connectivity index (χ0v) is 8.88. The number of hydrogen-bond donors (Lipinski definition) is 2. The SMILES string of the molecule is OCc1cccc(C(O)c2ccccc2)c1. The molecule has 0 heterocycles. The third-order valence-electron chi connectivity index (χ3n) is 2.56. The lowest BCUT2D eigenvalue weighted by Gasteiger charge is -2.12. The monoisotopic (exact) mass is 214 g/mol. The average molecular weight is 214 g/mol. The van der Waals surface area contributed by atoms with Crippen LogP contribution in [0.4, 0.5) is 0 Å². The topological polar surface area (TPSA) is 40.5 Å². The Kier molecular flexibility index (Phi) is 3.34. The first kappa shape index (κ1) is 10.9. The predicted octanol–water partition coefficient (Wildman–Crippen LogP) is 2.26. The molecule has 2 rings (SSSR count). The van der Waals surface area contributed by atoms with Crippen LogP contribution < -0.4 is 0 Å². The van der Waals surface area contributed by atoms with Gasteiger partial charge in [0.25, 0.3) is 0 Å². The van der Waals surface area contributed by atoms with E-state index in [1.54, 1.807) is 0 Å². The van der Waals surface area contributed by atoms with E-state index in [1.165, 1.54) is 0 Å². The maximum absolute atomic E-state index is 10.1. The molecule has 2 aromatic rings. The molecule has 0 fully saturated rings. The van der Waals surface area contributed by atoms with Gasteiger partial charge in [-0.25, -0.2) is 0 Å². The van der Waals surface area contributed by atoms with Gasteiger partial charge in [0.2, 0.25) is 0 Å². The Morgan fingerprint density at radius 3 is 2.25 bits per heavy atom. The highest BCUT2D eigenvalue weighted by molar-refractivity contribution is 5.32. The third kappa shape index (κ3) is 2.30. The van der Waals surface area contributed by atoms with Crippen LogP contribution in [0.1, 0.15) is 22.8 Å². The normalized spacial score (nSPS) is 12.4. The van der Waals surface area contributed by atoms with Crippen molar-refractivity contribution in [3.05, 3.63) is 71.3 Å². The van der Waals surface area contributed by atoms with Gasteiger partial charge in [-0.2, -0.15) is 0 Å². The Hall–Kier alpha value is -1.64. The van der Waals surface area contributed by atoms with Crippen molar-refractivity contribution in [3.63, 3.8) is 0 Å². The van der Waals surface area contributed by atoms with Gasteiger partial charge < -0.3 is 10.2 Å². The molecule has 16 heavy (non-hydrogen) atoms. The van der Waals surface area contributed by atoms with Crippen molar-refractivity contribution in [1.82, 2.24) is 0 Å². The number of benzene rings is 2. The highest BCUT2D eigenvalue weighted by Crippen LogP contribution is 2.22. The van der Waals surface area contributed by atoms with E-state index in [4.69, 9.17) is 5.11 Å². The van der Waals surface area contributed by atoms with Crippen molar-refractivity contribution in [3.8, 4) is 0 Å². The molecule has 0 saturated carbocycles. The number of aliphatic hydroxyl groups excluding tert-OH is 2. The summed E-state index contributed by atoms with van der Waals surface area (Å²) in [7, 11) is 0. The predicted molar refractivity (Wildman–Crippen MR) is 62.9 cm³/mol. The van der Waals surface area contributed by atoms with Gasteiger partial charge in [-0.3, -0.25) is 0 Å². The maximum atomic E-state index is 10.1. The van der Waals surface area contributed by atoms with Crippen LogP contribution in [0.2, 0.25) is 0 Å². The standard InChI is InChI=1S/C14H14O2/c15-10-11-5-4-8-13(9-11)14(16)12-6-2-1-3-7-12/h1-9,14-16H,10H2. The third-order valence-corrected chi connectivity index (χ3v) is 2.56. The zero-order chi connectivity index (χ0) is 11.4. The molecule has 2 heteroatoms. The van der Waals surface area contributed by atoms with Gasteiger partial charge in [-0.1, -0.05) is 54.6 Å². The van der Waals surface area contributed by atoms with Gasteiger partial charge in [0, 0.05) is 0 Å². The zero-order valence-electron chi connectivity index (χ0n) is 8.88. The molecule has 0 aliphatic carbocycles. The van der Waals surface area contributed by atoms with Crippen LogP contribution in [-0.4, -0.2) is 10.2 Å². The first-order chi connectivity index (χ1) is 7.81. The molecule has 0 radical (unpaired) electrons. The molecule has 0 spiro atoms. The fraction of sp³-hybridized carbons (Fsp3) is 0.143. The largest absolute Gasteiger partial charge is 0.392 e. The van der Waals surface area contributed by atoms with E-state index < -0.39 is 6.10 Å². The summed E-state index contributed by atoms with van der Waals surface area (Å²) in [6, 6.07) is 16.8. The van der Waals surface area contributed by atoms with Gasteiger partial charge in [0.1, 0.15) is 6.10 Å². The lowest BCUT2D eigenvalue weighted by Crippen LogP contribution is -2.00. The second kappa shape index (κ2) is 4.92. The minimum Gasteiger partial charge on any atom is -0.392 e. The Bertz CT molecular complexity index is 451. The Labute approximate surface area is 94.8 Å². The number of hydrogen-bond acceptors (Lipinski definition) is 2. The first-order valence-corrected chi connectivity index (χ1v) is 5.24. The van der Waals surface area contributed by atoms with E-state index >= 15 is 0 Å². The lowest BCUT2D eigenvalue weighted by molar-refractivity contribution is 0.219. The molecule has 0 bridgehead atoms. The summed E-state index contributed by atoms with van der Waals surface area (Å²) >= 11 is 0. The van der Waals surface area contributed by atoms with Crippen LogP contribution in [0, 0.1) is 0 Å². The Morgan fingerprint density at radius 1 is 0.875 bits per heavy atom. The Morgan fingerprint density at radius 2 is 1.56 bits per heavy atom. The lowest BCUT2D eigenvalue weighted by atomic mass is 10.00. The van der Waals surface area contributed by atoms with Crippen LogP contribution >= 0.6 is 0 Å². The maximum Gasteiger partial charge on any atom is 0.104 e. The molecular weight excluding hydrogens is 200 g/mol. The smallest absolute Gasteiger partial charge is 0.104 e. The van der Waals surface area contributed by atoms with Gasteiger partial charge >= 0.3 is 0 Å². The molecule has 1 atom stereocenters. The van der Waals surface area contributed by atoms with Crippen LogP contribution in [-0.2, 0) is 6.61 Å². The van der Waals surface area contributed by atoms with Crippen molar-refractivity contribution in [1.29, 1.82) is 0 Å². The molecule has 1 unspecified atom stereocenters. The molecule has 0 aromatic heterocycles. The van der Waals surface area contributed by atoms with E-state index in [0.717, 1.165) is 16.7 Å². The molecule has 0 saturated heterocycles. The summed E-state index contributed by atoms with van der Waals surface area (Å²) in [5, 5.41) is 19.2. The quantitative estimate of drug-likeness (QED) is 0.822. The molecular formula is C14H14O2. The van der Waals surface area contributed by atoms with Crippen molar-refractivity contribution < 1.29 is 10.2 Å². The van der Waals surface area contributed by atoms with Crippen molar-refractivity contribution >= 4 is 0 Å². The van der Waals surface area contributed by atoms with Gasteiger partial charge in [0.05, 0.1) is 6.61 Å². The minimum atomic E-state index is -0.632. The Balaban J connectivity index is 2.30. The van der Waals surface area contributed by atoms with E-state index in [1.807, 2.05) is 54.6 Å². The van der Waals surface area contributed by atoms with Crippen molar-refractivity contribution in [2.45, 2.75) is 12.7 Å². The van der Waals surface area contributed by atoms with Gasteiger partial charge in [0.15, 0.2) is 0 Å². The highest BCUT2D eigenvalue weighted by atomic mass is 16.3. The fourth-order valence-corrected chi connectivity index (χ4v) is 1.69. The van der Waals surface area contributed by atoms with E-state index in [9.17, 15) is 5.11 Å². The summed E-state index contributed by atoms with van der Waals surface area (Å²) in [5.74, 6) is 0. The first-order valence-electron chi connectivity index (χ1n) is 5.24. The van der Waals surface area contributed by atoms with Gasteiger partial charge in [-0.05, 0) is 16.7 Å². The molecule has 0 aliphatic rings. The second-order valence-electron chi connectivity index (χ2n) is 3.72. The molecule has 0 aliphatic heterocycles. The minimum absolute atomic E-state index is 0.00461. The van der Waals surface area contributed by atoms with Crippen molar-refractivity contribution in [2.75, 3.05) is 0 Å². The van der Waals surface area contributed by atoms with Crippen LogP contribution in [0.5, 0.6) is 0 Å².